The van der Waals surface area contributed by atoms with E-state index in [1.807, 2.05) is 25.5 Å². The third-order valence-electron chi connectivity index (χ3n) is 2.61. The van der Waals surface area contributed by atoms with E-state index in [-0.39, 0.29) is 5.56 Å². The number of H-pyrrole nitrogens is 1. The molecule has 0 spiro atoms. The minimum atomic E-state index is -0.112. The molecule has 0 saturated heterocycles. The normalized spacial score (nSPS) is 11.0. The van der Waals surface area contributed by atoms with Crippen LogP contribution >= 0.6 is 0 Å². The molecule has 0 atom stereocenters. The molecule has 0 aliphatic heterocycles. The zero-order valence-corrected chi connectivity index (χ0v) is 7.88. The number of nitrogens with one attached hydrogen (secondary N) is 1. The van der Waals surface area contributed by atoms with Gasteiger partial charge in [-0.15, -0.1) is 0 Å². The molecule has 0 aromatic carbocycles. The second-order valence-corrected chi connectivity index (χ2v) is 3.22. The Balaban J connectivity index is 3.12. The van der Waals surface area contributed by atoms with E-state index in [0.29, 0.717) is 0 Å². The lowest BCUT2D eigenvalue weighted by Gasteiger charge is -1.96. The van der Waals surface area contributed by atoms with Crippen LogP contribution in [0.15, 0.2) is 11.0 Å². The third kappa shape index (κ3) is 0.915. The minimum Gasteiger partial charge on any atom is -0.351 e. The van der Waals surface area contributed by atoms with Gasteiger partial charge < -0.3 is 4.57 Å². The van der Waals surface area contributed by atoms with E-state index >= 15 is 0 Å². The third-order valence-corrected chi connectivity index (χ3v) is 2.61. The molecule has 2 aromatic heterocycles. The lowest BCUT2D eigenvalue weighted by Crippen LogP contribution is -2.07. The van der Waals surface area contributed by atoms with Crippen molar-refractivity contribution in [1.82, 2.24) is 14.8 Å². The van der Waals surface area contributed by atoms with Crippen LogP contribution in [0.2, 0.25) is 0 Å². The average molecular weight is 177 g/mol. The van der Waals surface area contributed by atoms with Gasteiger partial charge in [0.1, 0.15) is 0 Å². The molecular formula is C9H11N3O. The van der Waals surface area contributed by atoms with E-state index in [0.717, 1.165) is 22.2 Å². The zero-order chi connectivity index (χ0) is 9.59. The van der Waals surface area contributed by atoms with Crippen LogP contribution in [0, 0.1) is 13.8 Å². The van der Waals surface area contributed by atoms with Gasteiger partial charge in [0.05, 0.1) is 11.6 Å². The number of hydrogen-bond acceptors (Lipinski definition) is 2. The highest BCUT2D eigenvalue weighted by Gasteiger charge is 2.10. The van der Waals surface area contributed by atoms with Gasteiger partial charge in [0.25, 0.3) is 5.56 Å². The summed E-state index contributed by atoms with van der Waals surface area (Å²) in [6.07, 6.45) is 1.69. The predicted molar refractivity (Wildman–Crippen MR) is 50.8 cm³/mol. The van der Waals surface area contributed by atoms with Crippen molar-refractivity contribution in [2.24, 2.45) is 7.05 Å². The Kier molecular flexibility index (Phi) is 1.52. The first-order valence-corrected chi connectivity index (χ1v) is 4.12. The number of hydrogen-bond donors (Lipinski definition) is 1. The maximum atomic E-state index is 11.4. The van der Waals surface area contributed by atoms with Crippen LogP contribution in [0.1, 0.15) is 11.4 Å². The minimum absolute atomic E-state index is 0.112. The number of nitrogens with zero attached hydrogens (tertiary/aromatic N) is 2. The van der Waals surface area contributed by atoms with Crippen LogP contribution in [0.5, 0.6) is 0 Å². The van der Waals surface area contributed by atoms with Crippen LogP contribution < -0.4 is 5.56 Å². The van der Waals surface area contributed by atoms with Crippen molar-refractivity contribution >= 4 is 10.8 Å². The van der Waals surface area contributed by atoms with E-state index in [1.165, 1.54) is 0 Å². The summed E-state index contributed by atoms with van der Waals surface area (Å²) in [6.45, 7) is 3.92. The second kappa shape index (κ2) is 2.45. The highest BCUT2D eigenvalue weighted by molar-refractivity contribution is 5.86. The van der Waals surface area contributed by atoms with E-state index in [2.05, 4.69) is 10.2 Å². The molecule has 0 aliphatic rings. The smallest absolute Gasteiger partial charge is 0.273 e. The summed E-state index contributed by atoms with van der Waals surface area (Å²) in [5.41, 5.74) is 1.95. The Labute approximate surface area is 75.2 Å². The van der Waals surface area contributed by atoms with Crippen LogP contribution in [0.3, 0.4) is 0 Å². The summed E-state index contributed by atoms with van der Waals surface area (Å²) in [6, 6.07) is 0. The van der Waals surface area contributed by atoms with Gasteiger partial charge in [0.15, 0.2) is 0 Å². The lowest BCUT2D eigenvalue weighted by atomic mass is 10.2. The average Bonchev–Trinajstić information content (AvgIpc) is 2.33. The fourth-order valence-corrected chi connectivity index (χ4v) is 1.63. The highest BCUT2D eigenvalue weighted by atomic mass is 16.1. The Morgan fingerprint density at radius 1 is 1.38 bits per heavy atom. The Morgan fingerprint density at radius 2 is 2.08 bits per heavy atom. The topological polar surface area (TPSA) is 50.7 Å². The molecule has 13 heavy (non-hydrogen) atoms. The Hall–Kier alpha value is -1.58. The fraction of sp³-hybridized carbons (Fsp3) is 0.333. The maximum Gasteiger partial charge on any atom is 0.273 e. The monoisotopic (exact) mass is 177 g/mol. The molecule has 2 aromatic rings. The SMILES string of the molecule is Cc1c2cn[nH]c(=O)c2c(C)n1C. The molecule has 0 aliphatic carbocycles. The predicted octanol–water partition coefficient (Wildman–Crippen LogP) is 0.878. The van der Waals surface area contributed by atoms with Crippen molar-refractivity contribution in [1.29, 1.82) is 0 Å². The van der Waals surface area contributed by atoms with Crippen LogP contribution in [0.25, 0.3) is 10.8 Å². The number of aromatic nitrogens is 3. The van der Waals surface area contributed by atoms with E-state index in [4.69, 9.17) is 0 Å². The van der Waals surface area contributed by atoms with E-state index in [1.54, 1.807) is 6.20 Å². The van der Waals surface area contributed by atoms with Crippen LogP contribution in [0.4, 0.5) is 0 Å². The number of fused-ring (bicyclic) bond motifs is 1. The molecule has 0 fully saturated rings. The van der Waals surface area contributed by atoms with Crippen LogP contribution in [-0.4, -0.2) is 14.8 Å². The van der Waals surface area contributed by atoms with Crippen molar-refractivity contribution in [3.8, 4) is 0 Å². The summed E-state index contributed by atoms with van der Waals surface area (Å²) in [7, 11) is 1.95. The summed E-state index contributed by atoms with van der Waals surface area (Å²) < 4.78 is 2.00. The van der Waals surface area contributed by atoms with Gasteiger partial charge in [-0.1, -0.05) is 0 Å². The lowest BCUT2D eigenvalue weighted by molar-refractivity contribution is 0.851. The number of aromatic amines is 1. The van der Waals surface area contributed by atoms with Gasteiger partial charge in [-0.2, -0.15) is 5.10 Å². The number of rotatable bonds is 0. The molecule has 4 nitrogen and oxygen atoms in total. The molecule has 0 bridgehead atoms. The van der Waals surface area contributed by atoms with Crippen molar-refractivity contribution < 1.29 is 0 Å². The van der Waals surface area contributed by atoms with Crippen molar-refractivity contribution in [3.05, 3.63) is 27.9 Å². The molecule has 0 unspecified atom stereocenters. The molecule has 2 rings (SSSR count). The molecular weight excluding hydrogens is 166 g/mol. The molecule has 0 saturated carbocycles. The van der Waals surface area contributed by atoms with Gasteiger partial charge in [0.2, 0.25) is 0 Å². The zero-order valence-electron chi connectivity index (χ0n) is 7.88. The second-order valence-electron chi connectivity index (χ2n) is 3.22. The molecule has 4 heteroatoms. The quantitative estimate of drug-likeness (QED) is 0.649. The number of aryl methyl sites for hydroxylation is 2. The first-order chi connectivity index (χ1) is 6.13. The standard InChI is InChI=1S/C9H11N3O/c1-5-7-4-10-11-9(13)8(7)6(2)12(5)3/h4H,1-3H3,(H,11,13). The summed E-state index contributed by atoms with van der Waals surface area (Å²) >= 11 is 0. The maximum absolute atomic E-state index is 11.4. The van der Waals surface area contributed by atoms with Crippen molar-refractivity contribution in [2.75, 3.05) is 0 Å². The summed E-state index contributed by atoms with van der Waals surface area (Å²) in [4.78, 5) is 11.4. The molecule has 0 amide bonds. The summed E-state index contributed by atoms with van der Waals surface area (Å²) in [5, 5.41) is 7.89. The van der Waals surface area contributed by atoms with Gasteiger partial charge in [0, 0.05) is 23.8 Å². The van der Waals surface area contributed by atoms with Gasteiger partial charge >= 0.3 is 0 Å². The van der Waals surface area contributed by atoms with Gasteiger partial charge in [-0.05, 0) is 13.8 Å². The molecule has 68 valence electrons. The van der Waals surface area contributed by atoms with Crippen molar-refractivity contribution in [2.45, 2.75) is 13.8 Å². The highest BCUT2D eigenvalue weighted by Crippen LogP contribution is 2.19. The first kappa shape index (κ1) is 8.04. The molecule has 2 heterocycles. The molecule has 1 N–H and O–H groups in total. The van der Waals surface area contributed by atoms with Crippen molar-refractivity contribution in [3.63, 3.8) is 0 Å². The van der Waals surface area contributed by atoms with Gasteiger partial charge in [-0.25, -0.2) is 5.10 Å². The fourth-order valence-electron chi connectivity index (χ4n) is 1.63. The molecule has 0 radical (unpaired) electrons. The first-order valence-electron chi connectivity index (χ1n) is 4.12. The van der Waals surface area contributed by atoms with Gasteiger partial charge in [-0.3, -0.25) is 4.79 Å². The van der Waals surface area contributed by atoms with Crippen LogP contribution in [-0.2, 0) is 7.05 Å². The summed E-state index contributed by atoms with van der Waals surface area (Å²) in [5.74, 6) is 0. The Bertz CT molecular complexity index is 521. The largest absolute Gasteiger partial charge is 0.351 e. The Morgan fingerprint density at radius 3 is 2.69 bits per heavy atom. The van der Waals surface area contributed by atoms with E-state index < -0.39 is 0 Å². The van der Waals surface area contributed by atoms with E-state index in [9.17, 15) is 4.79 Å².